The number of carbonyl (C=O) groups excluding carboxylic acids is 1. The number of aromatic amines is 1. The maximum absolute atomic E-state index is 11.9. The highest BCUT2D eigenvalue weighted by molar-refractivity contribution is 5.83. The zero-order valence-corrected chi connectivity index (χ0v) is 11.5. The Bertz CT molecular complexity index is 438. The van der Waals surface area contributed by atoms with Gasteiger partial charge < -0.3 is 15.3 Å². The SMILES string of the molecule is CN(Cc1ncn[nH]1)C(=O)N[C@H](C(=O)O)C(C)(C)C. The number of hydrogen-bond donors (Lipinski definition) is 3. The molecule has 1 rings (SSSR count). The zero-order chi connectivity index (χ0) is 14.6. The average Bonchev–Trinajstić information content (AvgIpc) is 2.75. The molecule has 3 N–H and O–H groups in total. The second-order valence-electron chi connectivity index (χ2n) is 5.37. The van der Waals surface area contributed by atoms with Crippen molar-refractivity contribution in [3.8, 4) is 0 Å². The molecule has 0 fully saturated rings. The summed E-state index contributed by atoms with van der Waals surface area (Å²) in [4.78, 5) is 28.3. The number of aliphatic carboxylic acids is 1. The molecule has 0 unspecified atom stereocenters. The highest BCUT2D eigenvalue weighted by Gasteiger charge is 2.33. The van der Waals surface area contributed by atoms with Gasteiger partial charge in [0, 0.05) is 7.05 Å². The highest BCUT2D eigenvalue weighted by atomic mass is 16.4. The van der Waals surface area contributed by atoms with Gasteiger partial charge in [-0.25, -0.2) is 14.6 Å². The summed E-state index contributed by atoms with van der Waals surface area (Å²) in [6.07, 6.45) is 1.34. The monoisotopic (exact) mass is 269 g/mol. The van der Waals surface area contributed by atoms with E-state index in [0.29, 0.717) is 5.82 Å². The summed E-state index contributed by atoms with van der Waals surface area (Å²) in [5, 5.41) is 17.9. The van der Waals surface area contributed by atoms with Crippen molar-refractivity contribution in [1.29, 1.82) is 0 Å². The third kappa shape index (κ3) is 4.23. The first-order valence-electron chi connectivity index (χ1n) is 5.80. The van der Waals surface area contributed by atoms with Crippen LogP contribution >= 0.6 is 0 Å². The predicted molar refractivity (Wildman–Crippen MR) is 67.3 cm³/mol. The third-order valence-corrected chi connectivity index (χ3v) is 2.58. The number of hydrogen-bond acceptors (Lipinski definition) is 4. The second kappa shape index (κ2) is 5.68. The van der Waals surface area contributed by atoms with Gasteiger partial charge in [-0.1, -0.05) is 20.8 Å². The van der Waals surface area contributed by atoms with Crippen LogP contribution in [0, 0.1) is 5.41 Å². The normalized spacial score (nSPS) is 12.8. The lowest BCUT2D eigenvalue weighted by atomic mass is 9.87. The standard InChI is InChI=1S/C11H19N5O3/c1-11(2,3)8(9(17)18)14-10(19)16(4)5-7-12-6-13-15-7/h6,8H,5H2,1-4H3,(H,14,19)(H,17,18)(H,12,13,15)/t8-/m1/s1. The third-order valence-electron chi connectivity index (χ3n) is 2.58. The lowest BCUT2D eigenvalue weighted by molar-refractivity contribution is -0.142. The van der Waals surface area contributed by atoms with E-state index in [-0.39, 0.29) is 6.54 Å². The summed E-state index contributed by atoms with van der Waals surface area (Å²) < 4.78 is 0. The Balaban J connectivity index is 2.64. The molecule has 0 spiro atoms. The molecule has 1 aromatic heterocycles. The molecule has 8 heteroatoms. The molecule has 0 aliphatic carbocycles. The van der Waals surface area contributed by atoms with Gasteiger partial charge in [0.2, 0.25) is 0 Å². The molecule has 0 aromatic carbocycles. The van der Waals surface area contributed by atoms with E-state index in [1.165, 1.54) is 11.2 Å². The average molecular weight is 269 g/mol. The van der Waals surface area contributed by atoms with Crippen molar-refractivity contribution in [2.75, 3.05) is 7.05 Å². The first kappa shape index (κ1) is 14.9. The Kier molecular flexibility index (Phi) is 4.47. The molecule has 1 aromatic rings. The fourth-order valence-electron chi connectivity index (χ4n) is 1.49. The van der Waals surface area contributed by atoms with Gasteiger partial charge in [0.05, 0.1) is 6.54 Å². The van der Waals surface area contributed by atoms with Crippen molar-refractivity contribution in [3.63, 3.8) is 0 Å². The molecule has 1 atom stereocenters. The van der Waals surface area contributed by atoms with Crippen LogP contribution < -0.4 is 5.32 Å². The molecule has 8 nitrogen and oxygen atoms in total. The van der Waals surface area contributed by atoms with Crippen molar-refractivity contribution in [2.24, 2.45) is 5.41 Å². The van der Waals surface area contributed by atoms with Gasteiger partial charge in [-0.15, -0.1) is 0 Å². The zero-order valence-electron chi connectivity index (χ0n) is 11.5. The quantitative estimate of drug-likeness (QED) is 0.734. The number of amides is 2. The molecule has 0 saturated heterocycles. The van der Waals surface area contributed by atoms with Crippen LogP contribution in [0.4, 0.5) is 4.79 Å². The van der Waals surface area contributed by atoms with Crippen molar-refractivity contribution < 1.29 is 14.7 Å². The Morgan fingerprint density at radius 3 is 2.58 bits per heavy atom. The van der Waals surface area contributed by atoms with Crippen LogP contribution in [0.25, 0.3) is 0 Å². The van der Waals surface area contributed by atoms with Gasteiger partial charge in [0.1, 0.15) is 18.2 Å². The molecule has 0 saturated carbocycles. The first-order valence-corrected chi connectivity index (χ1v) is 5.80. The van der Waals surface area contributed by atoms with Crippen molar-refractivity contribution in [3.05, 3.63) is 12.2 Å². The smallest absolute Gasteiger partial charge is 0.326 e. The van der Waals surface area contributed by atoms with Crippen LogP contribution in [0.1, 0.15) is 26.6 Å². The van der Waals surface area contributed by atoms with Crippen LogP contribution in [-0.4, -0.2) is 50.3 Å². The summed E-state index contributed by atoms with van der Waals surface area (Å²) in [6, 6.07) is -1.43. The maximum atomic E-state index is 11.9. The van der Waals surface area contributed by atoms with Gasteiger partial charge in [0.15, 0.2) is 0 Å². The number of urea groups is 1. The highest BCUT2D eigenvalue weighted by Crippen LogP contribution is 2.19. The number of nitrogens with one attached hydrogen (secondary N) is 2. The number of carbonyl (C=O) groups is 2. The van der Waals surface area contributed by atoms with Crippen LogP contribution in [-0.2, 0) is 11.3 Å². The van der Waals surface area contributed by atoms with E-state index in [0.717, 1.165) is 0 Å². The molecule has 106 valence electrons. The first-order chi connectivity index (χ1) is 8.71. The number of rotatable bonds is 4. The van der Waals surface area contributed by atoms with E-state index in [9.17, 15) is 9.59 Å². The van der Waals surface area contributed by atoms with Gasteiger partial charge >= 0.3 is 12.0 Å². The summed E-state index contributed by atoms with van der Waals surface area (Å²) in [5.74, 6) is -0.533. The Labute approximate surface area is 111 Å². The molecule has 0 radical (unpaired) electrons. The van der Waals surface area contributed by atoms with Crippen LogP contribution in [0.3, 0.4) is 0 Å². The fraction of sp³-hybridized carbons (Fsp3) is 0.636. The molecule has 0 aliphatic heterocycles. The van der Waals surface area contributed by atoms with Gasteiger partial charge in [-0.05, 0) is 5.41 Å². The van der Waals surface area contributed by atoms with E-state index < -0.39 is 23.5 Å². The molecular formula is C11H19N5O3. The van der Waals surface area contributed by atoms with Crippen molar-refractivity contribution in [1.82, 2.24) is 25.4 Å². The van der Waals surface area contributed by atoms with Gasteiger partial charge in [-0.2, -0.15) is 5.10 Å². The molecule has 0 bridgehead atoms. The number of carboxylic acids is 1. The summed E-state index contributed by atoms with van der Waals surface area (Å²) in [5.41, 5.74) is -0.575. The topological polar surface area (TPSA) is 111 Å². The molecular weight excluding hydrogens is 250 g/mol. The van der Waals surface area contributed by atoms with E-state index in [4.69, 9.17) is 5.11 Å². The summed E-state index contributed by atoms with van der Waals surface area (Å²) in [7, 11) is 1.55. The number of aromatic nitrogens is 3. The Hall–Kier alpha value is -2.12. The van der Waals surface area contributed by atoms with Gasteiger partial charge in [-0.3, -0.25) is 5.10 Å². The number of nitrogens with zero attached hydrogens (tertiary/aromatic N) is 3. The molecule has 19 heavy (non-hydrogen) atoms. The van der Waals surface area contributed by atoms with Crippen molar-refractivity contribution >= 4 is 12.0 Å². The second-order valence-corrected chi connectivity index (χ2v) is 5.37. The van der Waals surface area contributed by atoms with E-state index in [2.05, 4.69) is 20.5 Å². The van der Waals surface area contributed by atoms with Gasteiger partial charge in [0.25, 0.3) is 0 Å². The number of carboxylic acid groups (broad SMARTS) is 1. The fourth-order valence-corrected chi connectivity index (χ4v) is 1.49. The maximum Gasteiger partial charge on any atom is 0.326 e. The number of H-pyrrole nitrogens is 1. The van der Waals surface area contributed by atoms with Crippen LogP contribution in [0.5, 0.6) is 0 Å². The van der Waals surface area contributed by atoms with E-state index in [1.54, 1.807) is 27.8 Å². The van der Waals surface area contributed by atoms with E-state index >= 15 is 0 Å². The Morgan fingerprint density at radius 1 is 1.53 bits per heavy atom. The lowest BCUT2D eigenvalue weighted by Crippen LogP contribution is -2.52. The summed E-state index contributed by atoms with van der Waals surface area (Å²) >= 11 is 0. The summed E-state index contributed by atoms with van der Waals surface area (Å²) in [6.45, 7) is 5.48. The molecule has 1 heterocycles. The minimum atomic E-state index is -1.06. The molecule has 2 amide bonds. The molecule has 0 aliphatic rings. The Morgan fingerprint density at radius 2 is 2.16 bits per heavy atom. The van der Waals surface area contributed by atoms with Crippen LogP contribution in [0.2, 0.25) is 0 Å². The minimum absolute atomic E-state index is 0.225. The van der Waals surface area contributed by atoms with E-state index in [1.807, 2.05) is 0 Å². The lowest BCUT2D eigenvalue weighted by Gasteiger charge is -2.29. The van der Waals surface area contributed by atoms with Crippen LogP contribution in [0.15, 0.2) is 6.33 Å². The predicted octanol–water partition coefficient (Wildman–Crippen LogP) is 0.445. The minimum Gasteiger partial charge on any atom is -0.480 e. The van der Waals surface area contributed by atoms with Crippen molar-refractivity contribution in [2.45, 2.75) is 33.4 Å². The largest absolute Gasteiger partial charge is 0.480 e.